The highest BCUT2D eigenvalue weighted by molar-refractivity contribution is 5.75. The van der Waals surface area contributed by atoms with Crippen molar-refractivity contribution < 1.29 is 27.1 Å². The molecule has 1 aromatic rings. The quantitative estimate of drug-likeness (QED) is 0.549. The number of ether oxygens (including phenoxy) is 1. The second-order valence-corrected chi connectivity index (χ2v) is 2.27. The third-order valence-electron chi connectivity index (χ3n) is 1.24. The molecule has 0 bridgehead atoms. The Morgan fingerprint density at radius 3 is 2.57 bits per heavy atom. The van der Waals surface area contributed by atoms with Crippen LogP contribution in [0.4, 0.5) is 17.6 Å². The normalized spacial score (nSPS) is 11.1. The van der Waals surface area contributed by atoms with E-state index in [0.717, 1.165) is 0 Å². The van der Waals surface area contributed by atoms with Crippen LogP contribution in [0.25, 0.3) is 0 Å². The lowest BCUT2D eigenvalue weighted by atomic mass is 10.2. The average Bonchev–Trinajstić information content (AvgIpc) is 2.06. The number of carbonyl (C=O) groups is 1. The highest BCUT2D eigenvalue weighted by atomic mass is 19.4. The van der Waals surface area contributed by atoms with Gasteiger partial charge in [-0.3, -0.25) is 4.79 Å². The first-order chi connectivity index (χ1) is 6.42. The molecule has 1 radical (unpaired) electrons. The molecule has 14 heavy (non-hydrogen) atoms. The molecular formula is C8H3F4O2. The Hall–Kier alpha value is -1.59. The molecule has 0 atom stereocenters. The zero-order valence-corrected chi connectivity index (χ0v) is 6.56. The highest BCUT2D eigenvalue weighted by Crippen LogP contribution is 2.25. The second kappa shape index (κ2) is 3.65. The Kier molecular flexibility index (Phi) is 2.73. The van der Waals surface area contributed by atoms with E-state index in [0.29, 0.717) is 12.1 Å². The minimum Gasteiger partial charge on any atom is -0.403 e. The Bertz CT molecular complexity index is 346. The van der Waals surface area contributed by atoms with E-state index >= 15 is 0 Å². The van der Waals surface area contributed by atoms with Crippen molar-refractivity contribution in [3.63, 3.8) is 0 Å². The maximum absolute atomic E-state index is 12.7. The minimum atomic E-state index is -4.98. The summed E-state index contributed by atoms with van der Waals surface area (Å²) in [6.45, 7) is 0. The van der Waals surface area contributed by atoms with E-state index in [-0.39, 0.29) is 11.8 Å². The monoisotopic (exact) mass is 207 g/mol. The number of hydrogen-bond acceptors (Lipinski definition) is 2. The molecule has 0 aliphatic carbocycles. The van der Waals surface area contributed by atoms with Crippen LogP contribution in [0.15, 0.2) is 12.1 Å². The van der Waals surface area contributed by atoms with Crippen LogP contribution in [-0.4, -0.2) is 12.6 Å². The van der Waals surface area contributed by atoms with Gasteiger partial charge < -0.3 is 4.74 Å². The van der Waals surface area contributed by atoms with Gasteiger partial charge in [-0.1, -0.05) is 0 Å². The molecule has 1 aromatic carbocycles. The van der Waals surface area contributed by atoms with Gasteiger partial charge in [0, 0.05) is 5.56 Å². The molecule has 0 aromatic heterocycles. The predicted molar refractivity (Wildman–Crippen MR) is 37.3 cm³/mol. The summed E-state index contributed by atoms with van der Waals surface area (Å²) in [5.41, 5.74) is -0.217. The molecule has 0 spiro atoms. The molecule has 0 aliphatic heterocycles. The van der Waals surface area contributed by atoms with Gasteiger partial charge in [0.2, 0.25) is 0 Å². The number of halogens is 4. The van der Waals surface area contributed by atoms with Crippen LogP contribution in [0.5, 0.6) is 5.75 Å². The van der Waals surface area contributed by atoms with Gasteiger partial charge in [-0.2, -0.15) is 0 Å². The zero-order chi connectivity index (χ0) is 10.8. The molecule has 0 aliphatic rings. The Labute approximate surface area is 76.1 Å². The van der Waals surface area contributed by atoms with Crippen molar-refractivity contribution >= 4 is 6.29 Å². The average molecular weight is 207 g/mol. The first kappa shape index (κ1) is 10.5. The lowest BCUT2D eigenvalue weighted by molar-refractivity contribution is -0.275. The fourth-order valence-electron chi connectivity index (χ4n) is 0.741. The topological polar surface area (TPSA) is 26.3 Å². The van der Waals surface area contributed by atoms with E-state index < -0.39 is 17.9 Å². The van der Waals surface area contributed by atoms with Gasteiger partial charge in [0.25, 0.3) is 0 Å². The molecule has 2 nitrogen and oxygen atoms in total. The Morgan fingerprint density at radius 2 is 2.07 bits per heavy atom. The Morgan fingerprint density at radius 1 is 1.43 bits per heavy atom. The number of benzene rings is 1. The first-order valence-electron chi connectivity index (χ1n) is 3.34. The minimum absolute atomic E-state index is 0.217. The molecule has 1 rings (SSSR count). The number of alkyl halides is 3. The lowest BCUT2D eigenvalue weighted by Gasteiger charge is -2.09. The standard InChI is InChI=1S/C8H3F4O2/c9-6-2-1-5(4-13)3-7(6)14-8(10,11)12/h2-4H. The van der Waals surface area contributed by atoms with Crippen LogP contribution in [0.3, 0.4) is 0 Å². The van der Waals surface area contributed by atoms with Crippen molar-refractivity contribution in [1.29, 1.82) is 0 Å². The summed E-state index contributed by atoms with van der Waals surface area (Å²) < 4.78 is 51.0. The molecular weight excluding hydrogens is 204 g/mol. The summed E-state index contributed by atoms with van der Waals surface area (Å²) in [5.74, 6) is -2.27. The number of carbonyl (C=O) groups excluding carboxylic acids is 1. The SMILES string of the molecule is O=Cc1[c]cc(F)c(OC(F)(F)F)c1. The van der Waals surface area contributed by atoms with Crippen molar-refractivity contribution in [2.45, 2.75) is 6.36 Å². The summed E-state index contributed by atoms with van der Waals surface area (Å²) >= 11 is 0. The number of aldehydes is 1. The van der Waals surface area contributed by atoms with Crippen molar-refractivity contribution in [3.05, 3.63) is 29.6 Å². The van der Waals surface area contributed by atoms with E-state index in [9.17, 15) is 22.4 Å². The molecule has 0 amide bonds. The fraction of sp³-hybridized carbons (Fsp3) is 0.125. The smallest absolute Gasteiger partial charge is 0.403 e. The van der Waals surface area contributed by atoms with Crippen LogP contribution < -0.4 is 4.74 Å². The van der Waals surface area contributed by atoms with Gasteiger partial charge in [-0.15, -0.1) is 13.2 Å². The third-order valence-corrected chi connectivity index (χ3v) is 1.24. The van der Waals surface area contributed by atoms with Gasteiger partial charge in [0.15, 0.2) is 17.9 Å². The van der Waals surface area contributed by atoms with Gasteiger partial charge in [0.1, 0.15) is 0 Å². The van der Waals surface area contributed by atoms with Crippen molar-refractivity contribution in [1.82, 2.24) is 0 Å². The van der Waals surface area contributed by atoms with E-state index in [4.69, 9.17) is 0 Å². The van der Waals surface area contributed by atoms with Gasteiger partial charge in [-0.25, -0.2) is 4.39 Å². The zero-order valence-electron chi connectivity index (χ0n) is 6.56. The molecule has 75 valence electrons. The fourth-order valence-corrected chi connectivity index (χ4v) is 0.741. The van der Waals surface area contributed by atoms with Gasteiger partial charge >= 0.3 is 6.36 Å². The summed E-state index contributed by atoms with van der Waals surface area (Å²) in [7, 11) is 0. The maximum Gasteiger partial charge on any atom is 0.573 e. The van der Waals surface area contributed by atoms with E-state index in [2.05, 4.69) is 10.8 Å². The van der Waals surface area contributed by atoms with Crippen molar-refractivity contribution in [3.8, 4) is 5.75 Å². The van der Waals surface area contributed by atoms with E-state index in [1.54, 1.807) is 0 Å². The molecule has 0 saturated heterocycles. The highest BCUT2D eigenvalue weighted by Gasteiger charge is 2.32. The van der Waals surface area contributed by atoms with Crippen LogP contribution >= 0.6 is 0 Å². The van der Waals surface area contributed by atoms with Crippen molar-refractivity contribution in [2.75, 3.05) is 0 Å². The summed E-state index contributed by atoms with van der Waals surface area (Å²) in [6, 6.07) is 3.34. The van der Waals surface area contributed by atoms with E-state index in [1.807, 2.05) is 0 Å². The second-order valence-electron chi connectivity index (χ2n) is 2.27. The first-order valence-corrected chi connectivity index (χ1v) is 3.34. The number of rotatable bonds is 2. The van der Waals surface area contributed by atoms with Crippen LogP contribution in [-0.2, 0) is 0 Å². The molecule has 0 saturated carbocycles. The van der Waals surface area contributed by atoms with Gasteiger partial charge in [-0.05, 0) is 18.2 Å². The summed E-state index contributed by atoms with van der Waals surface area (Å²) in [6.07, 6.45) is -4.75. The molecule has 0 fully saturated rings. The maximum atomic E-state index is 12.7. The largest absolute Gasteiger partial charge is 0.573 e. The Balaban J connectivity index is 3.01. The number of hydrogen-bond donors (Lipinski definition) is 0. The van der Waals surface area contributed by atoms with Crippen LogP contribution in [0.1, 0.15) is 10.4 Å². The lowest BCUT2D eigenvalue weighted by Crippen LogP contribution is -2.18. The molecule has 0 unspecified atom stereocenters. The molecule has 0 N–H and O–H groups in total. The summed E-state index contributed by atoms with van der Waals surface area (Å²) in [5, 5.41) is 0. The van der Waals surface area contributed by atoms with Gasteiger partial charge in [0.05, 0.1) is 0 Å². The van der Waals surface area contributed by atoms with E-state index in [1.165, 1.54) is 0 Å². The predicted octanol–water partition coefficient (Wildman–Crippen LogP) is 2.34. The summed E-state index contributed by atoms with van der Waals surface area (Å²) in [4.78, 5) is 10.1. The van der Waals surface area contributed by atoms with Crippen molar-refractivity contribution in [2.24, 2.45) is 0 Å². The molecule has 6 heteroatoms. The molecule has 0 heterocycles. The third kappa shape index (κ3) is 2.72. The van der Waals surface area contributed by atoms with Crippen LogP contribution in [0.2, 0.25) is 0 Å². The van der Waals surface area contributed by atoms with Crippen LogP contribution in [0, 0.1) is 11.9 Å².